The van der Waals surface area contributed by atoms with Crippen LogP contribution in [0.2, 0.25) is 0 Å². The molecule has 1 saturated carbocycles. The number of hydrogen-bond donors (Lipinski definition) is 0. The molecule has 0 radical (unpaired) electrons. The van der Waals surface area contributed by atoms with Gasteiger partial charge in [0.2, 0.25) is 6.29 Å². The van der Waals surface area contributed by atoms with Crippen LogP contribution in [0, 0.1) is 0 Å². The molecule has 0 spiro atoms. The summed E-state index contributed by atoms with van der Waals surface area (Å²) in [4.78, 5) is 11.7. The van der Waals surface area contributed by atoms with Gasteiger partial charge in [-0.3, -0.25) is 0 Å². The van der Waals surface area contributed by atoms with Crippen LogP contribution in [0.1, 0.15) is 39.5 Å². The van der Waals surface area contributed by atoms with E-state index in [2.05, 4.69) is 13.2 Å². The summed E-state index contributed by atoms with van der Waals surface area (Å²) in [7, 11) is 0. The van der Waals surface area contributed by atoms with Crippen LogP contribution in [-0.2, 0) is 23.7 Å². The predicted octanol–water partition coefficient (Wildman–Crippen LogP) is 2.96. The first-order valence-corrected chi connectivity index (χ1v) is 7.41. The summed E-state index contributed by atoms with van der Waals surface area (Å²) >= 11 is 0. The molecule has 21 heavy (non-hydrogen) atoms. The van der Waals surface area contributed by atoms with E-state index in [1.54, 1.807) is 13.0 Å². The lowest BCUT2D eigenvalue weighted by atomic mass is 10.3. The molecular formula is C16H26O5. The number of esters is 1. The van der Waals surface area contributed by atoms with E-state index in [1.165, 1.54) is 12.8 Å². The summed E-state index contributed by atoms with van der Waals surface area (Å²) in [6.45, 7) is 11.1. The Hall–Kier alpha value is -1.17. The Morgan fingerprint density at radius 3 is 2.57 bits per heavy atom. The van der Waals surface area contributed by atoms with Gasteiger partial charge in [0.05, 0.1) is 24.9 Å². The fourth-order valence-corrected chi connectivity index (χ4v) is 2.18. The van der Waals surface area contributed by atoms with Crippen molar-refractivity contribution in [3.05, 3.63) is 24.8 Å². The quantitative estimate of drug-likeness (QED) is 0.204. The van der Waals surface area contributed by atoms with Crippen LogP contribution in [0.3, 0.4) is 0 Å². The molecule has 5 heteroatoms. The molecule has 0 bridgehead atoms. The topological polar surface area (TPSA) is 54.0 Å². The van der Waals surface area contributed by atoms with Crippen molar-refractivity contribution in [2.45, 2.75) is 58.2 Å². The SMILES string of the molecule is C=CCOCC(=C)C(=O)OC(C)OC(C)OC1CCCC1. The first kappa shape index (κ1) is 17.9. The molecule has 0 N–H and O–H groups in total. The summed E-state index contributed by atoms with van der Waals surface area (Å²) in [6.07, 6.45) is 5.31. The highest BCUT2D eigenvalue weighted by Crippen LogP contribution is 2.22. The molecule has 0 saturated heterocycles. The van der Waals surface area contributed by atoms with Crippen molar-refractivity contribution >= 4 is 5.97 Å². The maximum atomic E-state index is 11.7. The van der Waals surface area contributed by atoms with E-state index in [0.29, 0.717) is 6.61 Å². The highest BCUT2D eigenvalue weighted by molar-refractivity contribution is 5.88. The van der Waals surface area contributed by atoms with Gasteiger partial charge in [0, 0.05) is 0 Å². The third-order valence-corrected chi connectivity index (χ3v) is 3.14. The monoisotopic (exact) mass is 298 g/mol. The van der Waals surface area contributed by atoms with Crippen molar-refractivity contribution in [1.29, 1.82) is 0 Å². The largest absolute Gasteiger partial charge is 0.433 e. The van der Waals surface area contributed by atoms with E-state index in [9.17, 15) is 4.79 Å². The molecule has 0 aromatic carbocycles. The van der Waals surface area contributed by atoms with Gasteiger partial charge in [0.25, 0.3) is 0 Å². The molecule has 0 aromatic heterocycles. The van der Waals surface area contributed by atoms with Gasteiger partial charge in [-0.05, 0) is 26.7 Å². The van der Waals surface area contributed by atoms with Crippen LogP contribution in [0.5, 0.6) is 0 Å². The van der Waals surface area contributed by atoms with E-state index < -0.39 is 18.5 Å². The molecule has 5 nitrogen and oxygen atoms in total. The Kier molecular flexibility index (Phi) is 8.27. The Labute approximate surface area is 126 Å². The lowest BCUT2D eigenvalue weighted by Crippen LogP contribution is -2.28. The van der Waals surface area contributed by atoms with Crippen molar-refractivity contribution in [1.82, 2.24) is 0 Å². The third-order valence-electron chi connectivity index (χ3n) is 3.14. The second-order valence-electron chi connectivity index (χ2n) is 5.13. The maximum Gasteiger partial charge on any atom is 0.338 e. The van der Waals surface area contributed by atoms with Crippen LogP contribution in [0.15, 0.2) is 24.8 Å². The second kappa shape index (κ2) is 9.71. The number of carbonyl (C=O) groups excluding carboxylic acids is 1. The van der Waals surface area contributed by atoms with Crippen molar-refractivity contribution < 1.29 is 23.7 Å². The van der Waals surface area contributed by atoms with Gasteiger partial charge in [-0.1, -0.05) is 25.5 Å². The summed E-state index contributed by atoms with van der Waals surface area (Å²) < 4.78 is 21.5. The van der Waals surface area contributed by atoms with E-state index in [-0.39, 0.29) is 18.3 Å². The van der Waals surface area contributed by atoms with E-state index in [1.807, 2.05) is 6.92 Å². The molecule has 120 valence electrons. The van der Waals surface area contributed by atoms with E-state index in [0.717, 1.165) is 12.8 Å². The van der Waals surface area contributed by atoms with Crippen molar-refractivity contribution in [2.75, 3.05) is 13.2 Å². The molecular weight excluding hydrogens is 272 g/mol. The molecule has 0 amide bonds. The number of ether oxygens (including phenoxy) is 4. The molecule has 1 fully saturated rings. The highest BCUT2D eigenvalue weighted by atomic mass is 16.8. The molecule has 0 aliphatic heterocycles. The molecule has 0 aromatic rings. The van der Waals surface area contributed by atoms with Gasteiger partial charge in [0.1, 0.15) is 0 Å². The van der Waals surface area contributed by atoms with Crippen LogP contribution in [0.4, 0.5) is 0 Å². The predicted molar refractivity (Wildman–Crippen MR) is 79.6 cm³/mol. The molecule has 0 heterocycles. The number of hydrogen-bond acceptors (Lipinski definition) is 5. The normalized spacial score (nSPS) is 18.2. The Bertz CT molecular complexity index is 347. The second-order valence-corrected chi connectivity index (χ2v) is 5.13. The zero-order valence-electron chi connectivity index (χ0n) is 13.0. The smallest absolute Gasteiger partial charge is 0.338 e. The maximum absolute atomic E-state index is 11.7. The van der Waals surface area contributed by atoms with Crippen molar-refractivity contribution in [2.24, 2.45) is 0 Å². The van der Waals surface area contributed by atoms with E-state index >= 15 is 0 Å². The molecule has 1 aliphatic rings. The first-order valence-electron chi connectivity index (χ1n) is 7.41. The first-order chi connectivity index (χ1) is 10.0. The fourth-order valence-electron chi connectivity index (χ4n) is 2.18. The lowest BCUT2D eigenvalue weighted by molar-refractivity contribution is -0.238. The van der Waals surface area contributed by atoms with Crippen molar-refractivity contribution in [3.8, 4) is 0 Å². The molecule has 2 unspecified atom stereocenters. The van der Waals surface area contributed by atoms with Gasteiger partial charge in [-0.15, -0.1) is 6.58 Å². The molecule has 1 aliphatic carbocycles. The molecule has 2 atom stereocenters. The number of carbonyl (C=O) groups is 1. The summed E-state index contributed by atoms with van der Waals surface area (Å²) in [6, 6.07) is 0. The Morgan fingerprint density at radius 1 is 1.29 bits per heavy atom. The molecule has 1 rings (SSSR count). The van der Waals surface area contributed by atoms with Crippen LogP contribution < -0.4 is 0 Å². The summed E-state index contributed by atoms with van der Waals surface area (Å²) in [5.74, 6) is -0.528. The number of rotatable bonds is 10. The van der Waals surface area contributed by atoms with Gasteiger partial charge in [0.15, 0.2) is 6.29 Å². The van der Waals surface area contributed by atoms with Gasteiger partial charge >= 0.3 is 5.97 Å². The fraction of sp³-hybridized carbons (Fsp3) is 0.688. The van der Waals surface area contributed by atoms with Crippen LogP contribution in [-0.4, -0.2) is 37.9 Å². The zero-order chi connectivity index (χ0) is 15.7. The van der Waals surface area contributed by atoms with Gasteiger partial charge < -0.3 is 18.9 Å². The van der Waals surface area contributed by atoms with Crippen molar-refractivity contribution in [3.63, 3.8) is 0 Å². The average molecular weight is 298 g/mol. The minimum Gasteiger partial charge on any atom is -0.433 e. The minimum absolute atomic E-state index is 0.117. The van der Waals surface area contributed by atoms with Crippen LogP contribution in [0.25, 0.3) is 0 Å². The van der Waals surface area contributed by atoms with Gasteiger partial charge in [-0.2, -0.15) is 0 Å². The third kappa shape index (κ3) is 7.41. The van der Waals surface area contributed by atoms with Gasteiger partial charge in [-0.25, -0.2) is 4.79 Å². The standard InChI is InChI=1S/C16H26O5/c1-5-10-18-11-12(2)16(17)21-14(4)19-13(3)20-15-8-6-7-9-15/h5,13-15H,1-2,6-11H2,3-4H3. The van der Waals surface area contributed by atoms with Crippen LogP contribution >= 0.6 is 0 Å². The minimum atomic E-state index is -0.690. The summed E-state index contributed by atoms with van der Waals surface area (Å²) in [5.41, 5.74) is 0.247. The average Bonchev–Trinajstić information content (AvgIpc) is 2.91. The zero-order valence-corrected chi connectivity index (χ0v) is 13.0. The highest BCUT2D eigenvalue weighted by Gasteiger charge is 2.21. The summed E-state index contributed by atoms with van der Waals surface area (Å²) in [5, 5.41) is 0. The lowest BCUT2D eigenvalue weighted by Gasteiger charge is -2.22. The Morgan fingerprint density at radius 2 is 1.95 bits per heavy atom. The van der Waals surface area contributed by atoms with E-state index in [4.69, 9.17) is 18.9 Å². The Balaban J connectivity index is 2.21.